The van der Waals surface area contributed by atoms with Gasteiger partial charge in [-0.25, -0.2) is 13.2 Å². The van der Waals surface area contributed by atoms with Crippen LogP contribution in [0.2, 0.25) is 0 Å². The number of carbonyl (C=O) groups excluding carboxylic acids is 1. The molecule has 0 fully saturated rings. The van der Waals surface area contributed by atoms with Crippen LogP contribution in [-0.2, 0) is 16.0 Å². The zero-order valence-electron chi connectivity index (χ0n) is 18.4. The quantitative estimate of drug-likeness (QED) is 0.352. The number of hydrogen-bond acceptors (Lipinski definition) is 6. The number of sulfone groups is 1. The maximum absolute atomic E-state index is 13.4. The summed E-state index contributed by atoms with van der Waals surface area (Å²) in [5.41, 5.74) is -0.252. The summed E-state index contributed by atoms with van der Waals surface area (Å²) < 4.78 is 64.0. The minimum absolute atomic E-state index is 0.0809. The number of benzene rings is 2. The molecule has 4 aromatic rings. The van der Waals surface area contributed by atoms with Crippen molar-refractivity contribution in [1.29, 1.82) is 0 Å². The van der Waals surface area contributed by atoms with E-state index in [2.05, 4.69) is 5.10 Å². The molecule has 0 saturated heterocycles. The second kappa shape index (κ2) is 9.19. The van der Waals surface area contributed by atoms with Crippen LogP contribution < -0.4 is 9.74 Å². The summed E-state index contributed by atoms with van der Waals surface area (Å²) in [6.45, 7) is 0. The summed E-state index contributed by atoms with van der Waals surface area (Å²) in [4.78, 5) is 20.6. The first-order valence-electron chi connectivity index (χ1n) is 10.0. The van der Waals surface area contributed by atoms with E-state index in [0.717, 1.165) is 28.6 Å². The number of nitrogens with zero attached hydrogens (tertiary/aromatic N) is 3. The highest BCUT2D eigenvalue weighted by Crippen LogP contribution is 2.37. The van der Waals surface area contributed by atoms with Crippen molar-refractivity contribution in [1.82, 2.24) is 9.94 Å². The van der Waals surface area contributed by atoms with Gasteiger partial charge < -0.3 is 0 Å². The highest BCUT2D eigenvalue weighted by Gasteiger charge is 2.36. The minimum atomic E-state index is -4.76. The van der Waals surface area contributed by atoms with Crippen molar-refractivity contribution in [2.75, 3.05) is 18.2 Å². The van der Waals surface area contributed by atoms with E-state index in [9.17, 15) is 26.4 Å². The molecule has 0 saturated carbocycles. The van der Waals surface area contributed by atoms with Crippen molar-refractivity contribution in [3.63, 3.8) is 0 Å². The molecule has 12 heteroatoms. The van der Waals surface area contributed by atoms with Gasteiger partial charge in [0, 0.05) is 29.9 Å². The average molecular weight is 522 g/mol. The number of hydrogen-bond donors (Lipinski definition) is 0. The van der Waals surface area contributed by atoms with Gasteiger partial charge >= 0.3 is 12.3 Å². The Morgan fingerprint density at radius 2 is 1.69 bits per heavy atom. The Balaban J connectivity index is 1.70. The number of alkyl halides is 3. The van der Waals surface area contributed by atoms with Crippen LogP contribution in [0.15, 0.2) is 77.7 Å². The van der Waals surface area contributed by atoms with Crippen LogP contribution in [0, 0.1) is 0 Å². The minimum Gasteiger partial charge on any atom is -0.298 e. The molecule has 182 valence electrons. The summed E-state index contributed by atoms with van der Waals surface area (Å²) in [6.07, 6.45) is -4.61. The van der Waals surface area contributed by atoms with Crippen molar-refractivity contribution in [2.45, 2.75) is 11.1 Å². The third-order valence-corrected chi connectivity index (χ3v) is 7.22. The van der Waals surface area contributed by atoms with E-state index in [1.165, 1.54) is 19.2 Å². The number of halogens is 3. The molecule has 7 nitrogen and oxygen atoms in total. The van der Waals surface area contributed by atoms with Crippen LogP contribution in [0.4, 0.5) is 23.7 Å². The molecule has 0 bridgehead atoms. The molecular formula is C23H18F3N3O4S2. The van der Waals surface area contributed by atoms with Crippen molar-refractivity contribution in [3.8, 4) is 21.0 Å². The highest BCUT2D eigenvalue weighted by atomic mass is 32.2. The zero-order chi connectivity index (χ0) is 25.4. The van der Waals surface area contributed by atoms with Crippen LogP contribution in [-0.4, -0.2) is 37.8 Å². The molecule has 1 amide bonds. The van der Waals surface area contributed by atoms with Gasteiger partial charge in [0.05, 0.1) is 9.77 Å². The fourth-order valence-corrected chi connectivity index (χ4v) is 4.80. The Kier molecular flexibility index (Phi) is 6.43. The topological polar surface area (TPSA) is 81.5 Å². The third kappa shape index (κ3) is 5.38. The van der Waals surface area contributed by atoms with Crippen LogP contribution in [0.25, 0.3) is 21.0 Å². The molecule has 0 radical (unpaired) electrons. The molecule has 35 heavy (non-hydrogen) atoms. The smallest absolute Gasteiger partial charge is 0.298 e. The number of aromatic nitrogens is 2. The number of thiophene rings is 1. The predicted molar refractivity (Wildman–Crippen MR) is 126 cm³/mol. The first-order chi connectivity index (χ1) is 16.4. The van der Waals surface area contributed by atoms with E-state index < -0.39 is 27.8 Å². The Bertz CT molecular complexity index is 1480. The number of amides is 1. The van der Waals surface area contributed by atoms with E-state index in [4.69, 9.17) is 4.84 Å². The van der Waals surface area contributed by atoms with Crippen molar-refractivity contribution in [3.05, 3.63) is 78.5 Å². The van der Waals surface area contributed by atoms with Gasteiger partial charge in [-0.1, -0.05) is 35.2 Å². The second-order valence-corrected chi connectivity index (χ2v) is 10.6. The first kappa shape index (κ1) is 24.5. The summed E-state index contributed by atoms with van der Waals surface area (Å²) in [7, 11) is -2.02. The fraction of sp³-hybridized carbons (Fsp3) is 0.130. The molecule has 0 atom stereocenters. The number of anilines is 1. The van der Waals surface area contributed by atoms with Gasteiger partial charge in [0.1, 0.15) is 5.69 Å². The molecular weight excluding hydrogens is 503 g/mol. The molecule has 2 aromatic heterocycles. The molecule has 4 rings (SSSR count). The van der Waals surface area contributed by atoms with E-state index in [-0.39, 0.29) is 10.6 Å². The van der Waals surface area contributed by atoms with E-state index in [0.29, 0.717) is 25.9 Å². The zero-order valence-corrected chi connectivity index (χ0v) is 20.0. The third-order valence-electron chi connectivity index (χ3n) is 4.96. The molecule has 2 aromatic carbocycles. The Morgan fingerprint density at radius 3 is 2.34 bits per heavy atom. The maximum atomic E-state index is 13.4. The van der Waals surface area contributed by atoms with Gasteiger partial charge in [0.15, 0.2) is 15.5 Å². The summed E-state index contributed by atoms with van der Waals surface area (Å²) >= 11 is 1.10. The molecule has 0 aliphatic heterocycles. The SMILES string of the molecule is CN(C(=O)On1nc(C(F)(F)F)cc1-c1ccc(-c2cccc(S(C)(=O)=O)c2)s1)c1ccccc1. The number of carbonyl (C=O) groups is 1. The van der Waals surface area contributed by atoms with Gasteiger partial charge in [0.2, 0.25) is 0 Å². The molecule has 0 aliphatic carbocycles. The van der Waals surface area contributed by atoms with Gasteiger partial charge in [-0.3, -0.25) is 9.74 Å². The number of rotatable bonds is 5. The predicted octanol–water partition coefficient (Wildman–Crippen LogP) is 5.39. The maximum Gasteiger partial charge on any atom is 0.440 e. The number of para-hydroxylation sites is 1. The average Bonchev–Trinajstić information content (AvgIpc) is 3.46. The lowest BCUT2D eigenvalue weighted by Crippen LogP contribution is -2.35. The van der Waals surface area contributed by atoms with Crippen molar-refractivity contribution < 1.29 is 31.2 Å². The molecule has 0 spiro atoms. The largest absolute Gasteiger partial charge is 0.440 e. The lowest BCUT2D eigenvalue weighted by atomic mass is 10.2. The lowest BCUT2D eigenvalue weighted by molar-refractivity contribution is -0.142. The summed E-state index contributed by atoms with van der Waals surface area (Å²) in [5, 5.41) is 3.45. The van der Waals surface area contributed by atoms with Gasteiger partial charge in [0.25, 0.3) is 0 Å². The molecule has 0 unspecified atom stereocenters. The normalized spacial score (nSPS) is 11.9. The monoisotopic (exact) mass is 521 g/mol. The molecule has 0 aliphatic rings. The summed E-state index contributed by atoms with van der Waals surface area (Å²) in [6, 6.07) is 18.6. The van der Waals surface area contributed by atoms with E-state index in [1.807, 2.05) is 0 Å². The lowest BCUT2D eigenvalue weighted by Gasteiger charge is -2.16. The second-order valence-electron chi connectivity index (χ2n) is 7.50. The van der Waals surface area contributed by atoms with Crippen molar-refractivity contribution >= 4 is 33.0 Å². The van der Waals surface area contributed by atoms with Gasteiger partial charge in [-0.05, 0) is 42.0 Å². The standard InChI is InChI=1S/C23H18F3N3O4S2/c1-28(16-8-4-3-5-9-16)22(30)33-29-18(14-21(27-29)23(24,25)26)20-12-11-19(34-20)15-7-6-10-17(13-15)35(2,31)32/h3-14H,1-2H3. The van der Waals surface area contributed by atoms with Crippen LogP contribution >= 0.6 is 11.3 Å². The van der Waals surface area contributed by atoms with Gasteiger partial charge in [-0.15, -0.1) is 16.4 Å². The fourth-order valence-electron chi connectivity index (χ4n) is 3.14. The van der Waals surface area contributed by atoms with Gasteiger partial charge in [-0.2, -0.15) is 13.2 Å². The Labute approximate surface area is 202 Å². The first-order valence-corrected chi connectivity index (χ1v) is 12.7. The van der Waals surface area contributed by atoms with E-state index >= 15 is 0 Å². The van der Waals surface area contributed by atoms with Crippen LogP contribution in [0.5, 0.6) is 0 Å². The van der Waals surface area contributed by atoms with E-state index in [1.54, 1.807) is 54.6 Å². The van der Waals surface area contributed by atoms with Crippen LogP contribution in [0.3, 0.4) is 0 Å². The van der Waals surface area contributed by atoms with Crippen molar-refractivity contribution in [2.24, 2.45) is 0 Å². The molecule has 2 heterocycles. The Hall–Kier alpha value is -3.64. The summed E-state index contributed by atoms with van der Waals surface area (Å²) in [5.74, 6) is 0. The Morgan fingerprint density at radius 1 is 1.00 bits per heavy atom. The van der Waals surface area contributed by atoms with Crippen LogP contribution in [0.1, 0.15) is 5.69 Å². The highest BCUT2D eigenvalue weighted by molar-refractivity contribution is 7.90. The molecule has 0 N–H and O–H groups in total.